The van der Waals surface area contributed by atoms with E-state index in [9.17, 15) is 9.18 Å². The Bertz CT molecular complexity index is 363. The van der Waals surface area contributed by atoms with Crippen LogP contribution in [0.3, 0.4) is 0 Å². The van der Waals surface area contributed by atoms with Crippen molar-refractivity contribution in [2.45, 2.75) is 39.0 Å². The largest absolute Gasteiger partial charge is 0.294 e. The first-order valence-corrected chi connectivity index (χ1v) is 6.42. The van der Waals surface area contributed by atoms with Gasteiger partial charge in [0.2, 0.25) is 0 Å². The standard InChI is InChI=1S/C13H16BrFO/c1-2-3-4-5-6-13(16)11-9-10(14)7-8-12(11)15/h7-9H,2-6H2,1H3. The second kappa shape index (κ2) is 6.79. The van der Waals surface area contributed by atoms with Gasteiger partial charge in [0.1, 0.15) is 5.82 Å². The lowest BCUT2D eigenvalue weighted by Crippen LogP contribution is -2.02. The summed E-state index contributed by atoms with van der Waals surface area (Å²) in [5, 5.41) is 0. The number of hydrogen-bond acceptors (Lipinski definition) is 1. The molecule has 1 aromatic carbocycles. The normalized spacial score (nSPS) is 10.4. The van der Waals surface area contributed by atoms with Crippen molar-refractivity contribution in [2.75, 3.05) is 0 Å². The lowest BCUT2D eigenvalue weighted by atomic mass is 10.0. The van der Waals surface area contributed by atoms with E-state index < -0.39 is 5.82 Å². The second-order valence-corrected chi connectivity index (χ2v) is 4.77. The van der Waals surface area contributed by atoms with E-state index in [1.165, 1.54) is 6.07 Å². The smallest absolute Gasteiger partial charge is 0.165 e. The molecule has 0 aliphatic carbocycles. The summed E-state index contributed by atoms with van der Waals surface area (Å²) in [5.74, 6) is -0.529. The molecule has 0 saturated carbocycles. The Balaban J connectivity index is 2.55. The van der Waals surface area contributed by atoms with Gasteiger partial charge in [-0.15, -0.1) is 0 Å². The Kier molecular flexibility index (Phi) is 5.67. The Labute approximate surface area is 104 Å². The van der Waals surface area contributed by atoms with Crippen LogP contribution in [0.2, 0.25) is 0 Å². The van der Waals surface area contributed by atoms with Crippen LogP contribution in [0.5, 0.6) is 0 Å². The fourth-order valence-electron chi connectivity index (χ4n) is 1.56. The molecule has 0 heterocycles. The van der Waals surface area contributed by atoms with Gasteiger partial charge in [-0.3, -0.25) is 4.79 Å². The van der Waals surface area contributed by atoms with Gasteiger partial charge in [-0.25, -0.2) is 4.39 Å². The molecule has 0 aliphatic heterocycles. The van der Waals surface area contributed by atoms with Crippen molar-refractivity contribution in [3.05, 3.63) is 34.1 Å². The Morgan fingerprint density at radius 3 is 2.75 bits per heavy atom. The molecular weight excluding hydrogens is 271 g/mol. The van der Waals surface area contributed by atoms with Crippen molar-refractivity contribution in [3.8, 4) is 0 Å². The van der Waals surface area contributed by atoms with Gasteiger partial charge in [0.25, 0.3) is 0 Å². The van der Waals surface area contributed by atoms with Crippen LogP contribution in [-0.4, -0.2) is 5.78 Å². The van der Waals surface area contributed by atoms with Gasteiger partial charge in [0.15, 0.2) is 5.78 Å². The third-order valence-corrected chi connectivity index (χ3v) is 2.98. The van der Waals surface area contributed by atoms with Gasteiger partial charge in [0, 0.05) is 10.9 Å². The molecule has 0 unspecified atom stereocenters. The molecule has 1 rings (SSSR count). The number of Topliss-reactive ketones (excluding diaryl/α,β-unsaturated/α-hetero) is 1. The molecule has 3 heteroatoms. The highest BCUT2D eigenvalue weighted by Gasteiger charge is 2.11. The third-order valence-electron chi connectivity index (χ3n) is 2.49. The molecular formula is C13H16BrFO. The second-order valence-electron chi connectivity index (χ2n) is 3.86. The number of halogens is 2. The van der Waals surface area contributed by atoms with Crippen molar-refractivity contribution >= 4 is 21.7 Å². The van der Waals surface area contributed by atoms with Crippen LogP contribution < -0.4 is 0 Å². The number of carbonyl (C=O) groups is 1. The Hall–Kier alpha value is -0.700. The van der Waals surface area contributed by atoms with Crippen molar-refractivity contribution in [3.63, 3.8) is 0 Å². The lowest BCUT2D eigenvalue weighted by molar-refractivity contribution is 0.0975. The van der Waals surface area contributed by atoms with Crippen molar-refractivity contribution < 1.29 is 9.18 Å². The minimum absolute atomic E-state index is 0.102. The maximum atomic E-state index is 13.4. The Morgan fingerprint density at radius 1 is 1.31 bits per heavy atom. The molecule has 0 amide bonds. The summed E-state index contributed by atoms with van der Waals surface area (Å²) in [6.07, 6.45) is 4.59. The molecule has 0 fully saturated rings. The Morgan fingerprint density at radius 2 is 2.06 bits per heavy atom. The zero-order chi connectivity index (χ0) is 12.0. The first kappa shape index (κ1) is 13.4. The van der Waals surface area contributed by atoms with E-state index >= 15 is 0 Å². The van der Waals surface area contributed by atoms with E-state index in [1.807, 2.05) is 0 Å². The number of unbranched alkanes of at least 4 members (excludes halogenated alkanes) is 3. The summed E-state index contributed by atoms with van der Waals surface area (Å²) < 4.78 is 14.1. The molecule has 88 valence electrons. The van der Waals surface area contributed by atoms with Gasteiger partial charge < -0.3 is 0 Å². The van der Waals surface area contributed by atoms with Gasteiger partial charge in [-0.2, -0.15) is 0 Å². The zero-order valence-electron chi connectivity index (χ0n) is 9.43. The molecule has 0 N–H and O–H groups in total. The maximum Gasteiger partial charge on any atom is 0.165 e. The SMILES string of the molecule is CCCCCCC(=O)c1cc(Br)ccc1F. The van der Waals surface area contributed by atoms with Crippen LogP contribution in [-0.2, 0) is 0 Å². The summed E-state index contributed by atoms with van der Waals surface area (Å²) in [6.45, 7) is 2.12. The molecule has 0 aliphatic rings. The summed E-state index contributed by atoms with van der Waals surface area (Å²) in [4.78, 5) is 11.7. The number of carbonyl (C=O) groups excluding carboxylic acids is 1. The number of rotatable bonds is 6. The molecule has 1 aromatic rings. The minimum atomic E-state index is -0.427. The zero-order valence-corrected chi connectivity index (χ0v) is 11.0. The number of ketones is 1. The number of benzene rings is 1. The molecule has 0 bridgehead atoms. The van der Waals surface area contributed by atoms with Gasteiger partial charge in [0.05, 0.1) is 5.56 Å². The first-order valence-electron chi connectivity index (χ1n) is 5.63. The number of hydrogen-bond donors (Lipinski definition) is 0. The first-order chi connectivity index (χ1) is 7.65. The van der Waals surface area contributed by atoms with Crippen molar-refractivity contribution in [1.82, 2.24) is 0 Å². The summed E-state index contributed by atoms with van der Waals surface area (Å²) in [7, 11) is 0. The van der Waals surface area contributed by atoms with Crippen LogP contribution in [0.25, 0.3) is 0 Å². The molecule has 0 aromatic heterocycles. The van der Waals surface area contributed by atoms with E-state index in [1.54, 1.807) is 12.1 Å². The molecule has 0 atom stereocenters. The van der Waals surface area contributed by atoms with E-state index in [0.717, 1.165) is 30.2 Å². The summed E-state index contributed by atoms with van der Waals surface area (Å²) in [5.41, 5.74) is 0.200. The molecule has 16 heavy (non-hydrogen) atoms. The molecule has 1 nitrogen and oxygen atoms in total. The predicted molar refractivity (Wildman–Crippen MR) is 67.2 cm³/mol. The van der Waals surface area contributed by atoms with Crippen LogP contribution in [0, 0.1) is 5.82 Å². The van der Waals surface area contributed by atoms with Crippen molar-refractivity contribution in [1.29, 1.82) is 0 Å². The van der Waals surface area contributed by atoms with Crippen LogP contribution in [0.15, 0.2) is 22.7 Å². The average Bonchev–Trinajstić information content (AvgIpc) is 2.27. The van der Waals surface area contributed by atoms with E-state index in [-0.39, 0.29) is 11.3 Å². The average molecular weight is 287 g/mol. The lowest BCUT2D eigenvalue weighted by Gasteiger charge is -2.03. The maximum absolute atomic E-state index is 13.4. The summed E-state index contributed by atoms with van der Waals surface area (Å²) >= 11 is 3.24. The van der Waals surface area contributed by atoms with Gasteiger partial charge >= 0.3 is 0 Å². The topological polar surface area (TPSA) is 17.1 Å². The summed E-state index contributed by atoms with van der Waals surface area (Å²) in [6, 6.07) is 4.48. The fraction of sp³-hybridized carbons (Fsp3) is 0.462. The van der Waals surface area contributed by atoms with E-state index in [4.69, 9.17) is 0 Å². The minimum Gasteiger partial charge on any atom is -0.294 e. The third kappa shape index (κ3) is 4.05. The highest BCUT2D eigenvalue weighted by molar-refractivity contribution is 9.10. The van der Waals surface area contributed by atoms with E-state index in [0.29, 0.717) is 6.42 Å². The molecule has 0 saturated heterocycles. The highest BCUT2D eigenvalue weighted by Crippen LogP contribution is 2.18. The van der Waals surface area contributed by atoms with Crippen LogP contribution >= 0.6 is 15.9 Å². The monoisotopic (exact) mass is 286 g/mol. The molecule has 0 spiro atoms. The van der Waals surface area contributed by atoms with Crippen molar-refractivity contribution in [2.24, 2.45) is 0 Å². The van der Waals surface area contributed by atoms with Crippen LogP contribution in [0.1, 0.15) is 49.4 Å². The van der Waals surface area contributed by atoms with Gasteiger partial charge in [-0.1, -0.05) is 42.1 Å². The quantitative estimate of drug-likeness (QED) is 0.545. The predicted octanol–water partition coefficient (Wildman–Crippen LogP) is 4.74. The van der Waals surface area contributed by atoms with E-state index in [2.05, 4.69) is 22.9 Å². The fourth-order valence-corrected chi connectivity index (χ4v) is 1.92. The highest BCUT2D eigenvalue weighted by atomic mass is 79.9. The van der Waals surface area contributed by atoms with Crippen LogP contribution in [0.4, 0.5) is 4.39 Å². The molecule has 0 radical (unpaired) electrons. The van der Waals surface area contributed by atoms with Gasteiger partial charge in [-0.05, 0) is 24.6 Å².